The third kappa shape index (κ3) is 3.02. The molecule has 0 bridgehead atoms. The van der Waals surface area contributed by atoms with E-state index in [1.807, 2.05) is 45.8 Å². The van der Waals surface area contributed by atoms with Gasteiger partial charge in [0.15, 0.2) is 0 Å². The number of halogens is 1. The van der Waals surface area contributed by atoms with Crippen LogP contribution in [0.4, 0.5) is 0 Å². The Kier molecular flexibility index (Phi) is 4.04. The minimum atomic E-state index is -0.332. The van der Waals surface area contributed by atoms with Crippen molar-refractivity contribution < 1.29 is 9.31 Å². The Hall–Kier alpha value is -0.835. The fourth-order valence-corrected chi connectivity index (χ4v) is 2.08. The van der Waals surface area contributed by atoms with Crippen LogP contribution < -0.4 is 0 Å². The molecule has 0 aromatic carbocycles. The predicted molar refractivity (Wildman–Crippen MR) is 78.9 cm³/mol. The first-order chi connectivity index (χ1) is 8.86. The number of aromatic nitrogens is 1. The number of hydrogen-bond donors (Lipinski definition) is 0. The van der Waals surface area contributed by atoms with E-state index >= 15 is 0 Å². The van der Waals surface area contributed by atoms with Crippen molar-refractivity contribution in [1.82, 2.24) is 4.98 Å². The van der Waals surface area contributed by atoms with Gasteiger partial charge in [-0.1, -0.05) is 12.1 Å². The normalized spacial score (nSPS) is 21.2. The zero-order valence-electron chi connectivity index (χ0n) is 11.8. The Bertz CT molecular complexity index is 472. The molecule has 1 aliphatic heterocycles. The van der Waals surface area contributed by atoms with Crippen molar-refractivity contribution in [3.05, 3.63) is 35.6 Å². The molecular weight excluding hydrogens is 260 g/mol. The first-order valence-electron chi connectivity index (χ1n) is 6.38. The third-order valence-electron chi connectivity index (χ3n) is 3.79. The lowest BCUT2D eigenvalue weighted by Crippen LogP contribution is -2.41. The summed E-state index contributed by atoms with van der Waals surface area (Å²) in [5.74, 6) is 2.36. The van der Waals surface area contributed by atoms with Crippen LogP contribution in [-0.2, 0) is 15.2 Å². The molecule has 1 aliphatic rings. The summed E-state index contributed by atoms with van der Waals surface area (Å²) in [5, 5.41) is 0. The highest BCUT2D eigenvalue weighted by atomic mass is 35.5. The van der Waals surface area contributed by atoms with Gasteiger partial charge in [0.1, 0.15) is 0 Å². The standard InChI is InChI=1S/C14H19BClNO2/c1-13(2)14(3,4)19-15(18-13)7-5-11-6-8-17-10-12(11)9-16/h5-8,10H,9H2,1-4H3/b7-5+. The lowest BCUT2D eigenvalue weighted by molar-refractivity contribution is 0.00578. The molecule has 0 saturated carbocycles. The molecule has 0 spiro atoms. The van der Waals surface area contributed by atoms with Gasteiger partial charge in [0, 0.05) is 18.3 Å². The van der Waals surface area contributed by atoms with E-state index in [9.17, 15) is 0 Å². The van der Waals surface area contributed by atoms with Crippen LogP contribution in [0.3, 0.4) is 0 Å². The average Bonchev–Trinajstić information content (AvgIpc) is 2.55. The number of hydrogen-bond acceptors (Lipinski definition) is 3. The molecule has 3 nitrogen and oxygen atoms in total. The first kappa shape index (κ1) is 14.6. The summed E-state index contributed by atoms with van der Waals surface area (Å²) in [5.41, 5.74) is 1.42. The molecule has 0 N–H and O–H groups in total. The molecular formula is C14H19BClNO2. The van der Waals surface area contributed by atoms with Crippen molar-refractivity contribution >= 4 is 24.8 Å². The van der Waals surface area contributed by atoms with Gasteiger partial charge in [0.25, 0.3) is 0 Å². The SMILES string of the molecule is CC1(C)OB(/C=C/c2ccncc2CCl)OC1(C)C. The Morgan fingerprint density at radius 3 is 2.47 bits per heavy atom. The molecule has 0 radical (unpaired) electrons. The van der Waals surface area contributed by atoms with Crippen LogP contribution in [0, 0.1) is 0 Å². The third-order valence-corrected chi connectivity index (χ3v) is 4.08. The second-order valence-electron chi connectivity index (χ2n) is 5.69. The van der Waals surface area contributed by atoms with E-state index in [1.54, 1.807) is 12.4 Å². The molecule has 1 aromatic heterocycles. The molecule has 0 unspecified atom stereocenters. The van der Waals surface area contributed by atoms with Crippen molar-refractivity contribution in [3.63, 3.8) is 0 Å². The summed E-state index contributed by atoms with van der Waals surface area (Å²) >= 11 is 5.88. The molecule has 2 rings (SSSR count). The fourth-order valence-electron chi connectivity index (χ4n) is 1.86. The van der Waals surface area contributed by atoms with E-state index in [0.717, 1.165) is 11.1 Å². The Morgan fingerprint density at radius 1 is 1.26 bits per heavy atom. The van der Waals surface area contributed by atoms with E-state index < -0.39 is 0 Å². The van der Waals surface area contributed by atoms with E-state index in [0.29, 0.717) is 5.88 Å². The minimum absolute atomic E-state index is 0.310. The summed E-state index contributed by atoms with van der Waals surface area (Å²) in [7, 11) is -0.332. The lowest BCUT2D eigenvalue weighted by atomic mass is 9.89. The fraction of sp³-hybridized carbons (Fsp3) is 0.500. The zero-order chi connectivity index (χ0) is 14.1. The molecule has 0 amide bonds. The maximum atomic E-state index is 5.90. The molecule has 1 saturated heterocycles. The van der Waals surface area contributed by atoms with Crippen molar-refractivity contribution in [2.75, 3.05) is 0 Å². The molecule has 0 aliphatic carbocycles. The van der Waals surface area contributed by atoms with Crippen LogP contribution in [0.5, 0.6) is 0 Å². The van der Waals surface area contributed by atoms with E-state index in [2.05, 4.69) is 4.98 Å². The van der Waals surface area contributed by atoms with Gasteiger partial charge in [-0.05, 0) is 44.9 Å². The Labute approximate surface area is 120 Å². The zero-order valence-corrected chi connectivity index (χ0v) is 12.6. The van der Waals surface area contributed by atoms with E-state index in [1.165, 1.54) is 0 Å². The predicted octanol–water partition coefficient (Wildman–Crippen LogP) is 3.47. The summed E-state index contributed by atoms with van der Waals surface area (Å²) in [6.07, 6.45) is 5.50. The quantitative estimate of drug-likeness (QED) is 0.627. The summed E-state index contributed by atoms with van der Waals surface area (Å²) in [6, 6.07) is 1.93. The van der Waals surface area contributed by atoms with Gasteiger partial charge in [-0.25, -0.2) is 0 Å². The van der Waals surface area contributed by atoms with Crippen LogP contribution in [0.25, 0.3) is 6.08 Å². The molecule has 5 heteroatoms. The van der Waals surface area contributed by atoms with Gasteiger partial charge in [0.2, 0.25) is 0 Å². The maximum Gasteiger partial charge on any atom is 0.487 e. The van der Waals surface area contributed by atoms with Gasteiger partial charge >= 0.3 is 7.12 Å². The van der Waals surface area contributed by atoms with Gasteiger partial charge in [-0.2, -0.15) is 0 Å². The van der Waals surface area contributed by atoms with Crippen molar-refractivity contribution in [2.45, 2.75) is 44.8 Å². The second kappa shape index (κ2) is 5.27. The number of pyridine rings is 1. The number of rotatable bonds is 3. The Morgan fingerprint density at radius 2 is 1.89 bits per heavy atom. The molecule has 1 fully saturated rings. The topological polar surface area (TPSA) is 31.4 Å². The van der Waals surface area contributed by atoms with Crippen LogP contribution in [0.15, 0.2) is 24.4 Å². The highest BCUT2D eigenvalue weighted by molar-refractivity contribution is 6.52. The van der Waals surface area contributed by atoms with Gasteiger partial charge < -0.3 is 9.31 Å². The minimum Gasteiger partial charge on any atom is -0.400 e. The van der Waals surface area contributed by atoms with Gasteiger partial charge in [-0.3, -0.25) is 4.98 Å². The average molecular weight is 280 g/mol. The highest BCUT2D eigenvalue weighted by Gasteiger charge is 2.49. The summed E-state index contributed by atoms with van der Waals surface area (Å²) < 4.78 is 11.8. The van der Waals surface area contributed by atoms with Gasteiger partial charge in [0.05, 0.1) is 11.2 Å². The van der Waals surface area contributed by atoms with Crippen LogP contribution in [-0.4, -0.2) is 23.3 Å². The smallest absolute Gasteiger partial charge is 0.400 e. The van der Waals surface area contributed by atoms with Crippen LogP contribution >= 0.6 is 11.6 Å². The first-order valence-corrected chi connectivity index (χ1v) is 6.92. The van der Waals surface area contributed by atoms with Crippen molar-refractivity contribution in [3.8, 4) is 0 Å². The summed E-state index contributed by atoms with van der Waals surface area (Å²) in [4.78, 5) is 4.06. The Balaban J connectivity index is 2.13. The van der Waals surface area contributed by atoms with Crippen molar-refractivity contribution in [2.24, 2.45) is 0 Å². The van der Waals surface area contributed by atoms with Crippen LogP contribution in [0.1, 0.15) is 38.8 Å². The van der Waals surface area contributed by atoms with E-state index in [4.69, 9.17) is 20.9 Å². The largest absolute Gasteiger partial charge is 0.487 e. The van der Waals surface area contributed by atoms with E-state index in [-0.39, 0.29) is 18.3 Å². The highest BCUT2D eigenvalue weighted by Crippen LogP contribution is 2.37. The molecule has 2 heterocycles. The van der Waals surface area contributed by atoms with Gasteiger partial charge in [-0.15, -0.1) is 11.6 Å². The summed E-state index contributed by atoms with van der Waals surface area (Å²) in [6.45, 7) is 8.16. The number of nitrogens with zero attached hydrogens (tertiary/aromatic N) is 1. The molecule has 102 valence electrons. The lowest BCUT2D eigenvalue weighted by Gasteiger charge is -2.32. The van der Waals surface area contributed by atoms with Crippen LogP contribution in [0.2, 0.25) is 0 Å². The maximum absolute atomic E-state index is 5.90. The van der Waals surface area contributed by atoms with Crippen molar-refractivity contribution in [1.29, 1.82) is 0 Å². The monoisotopic (exact) mass is 279 g/mol. The second-order valence-corrected chi connectivity index (χ2v) is 5.96. The number of alkyl halides is 1. The molecule has 0 atom stereocenters. The molecule has 19 heavy (non-hydrogen) atoms. The molecule has 1 aromatic rings.